The molecule has 1 aliphatic rings. The minimum Gasteiger partial charge on any atom is -0.328 e. The number of pyridine rings is 1. The van der Waals surface area contributed by atoms with Gasteiger partial charge in [0.05, 0.1) is 0 Å². The van der Waals surface area contributed by atoms with Gasteiger partial charge in [-0.05, 0) is 55.8 Å². The van der Waals surface area contributed by atoms with Crippen LogP contribution in [0, 0.1) is 5.92 Å². The van der Waals surface area contributed by atoms with Gasteiger partial charge in [-0.1, -0.05) is 6.92 Å². The summed E-state index contributed by atoms with van der Waals surface area (Å²) in [7, 11) is 0. The van der Waals surface area contributed by atoms with Crippen molar-refractivity contribution < 1.29 is 0 Å². The molecule has 1 heterocycles. The first-order valence-electron chi connectivity index (χ1n) is 7.14. The second-order valence-electron chi connectivity index (χ2n) is 5.46. The summed E-state index contributed by atoms with van der Waals surface area (Å²) in [6, 6.07) is 4.68. The van der Waals surface area contributed by atoms with E-state index in [1.807, 2.05) is 12.4 Å². The van der Waals surface area contributed by atoms with Crippen molar-refractivity contribution in [2.75, 3.05) is 13.1 Å². The molecule has 1 aromatic rings. The minimum atomic E-state index is 0.455. The topological polar surface area (TPSA) is 42.2 Å². The van der Waals surface area contributed by atoms with Crippen LogP contribution in [0.5, 0.6) is 0 Å². The van der Waals surface area contributed by atoms with E-state index in [1.54, 1.807) is 0 Å². The molecule has 0 unspecified atom stereocenters. The number of nitrogens with two attached hydrogens (primary N) is 1. The fraction of sp³-hybridized carbons (Fsp3) is 0.667. The Morgan fingerprint density at radius 1 is 1.22 bits per heavy atom. The second kappa shape index (κ2) is 6.86. The molecule has 100 valence electrons. The van der Waals surface area contributed by atoms with Crippen molar-refractivity contribution in [2.24, 2.45) is 11.7 Å². The Balaban J connectivity index is 1.82. The molecular formula is C15H25N3. The number of nitrogens with zero attached hydrogens (tertiary/aromatic N) is 2. The summed E-state index contributed by atoms with van der Waals surface area (Å²) in [5.74, 6) is 0.839. The molecular weight excluding hydrogens is 222 g/mol. The zero-order valence-corrected chi connectivity index (χ0v) is 11.4. The number of hydrogen-bond donors (Lipinski definition) is 1. The highest BCUT2D eigenvalue weighted by molar-refractivity contribution is 5.09. The molecule has 1 aliphatic carbocycles. The molecule has 18 heavy (non-hydrogen) atoms. The maximum absolute atomic E-state index is 5.96. The molecule has 0 radical (unpaired) electrons. The van der Waals surface area contributed by atoms with Gasteiger partial charge in [0.25, 0.3) is 0 Å². The van der Waals surface area contributed by atoms with Crippen LogP contribution < -0.4 is 5.73 Å². The van der Waals surface area contributed by atoms with Crippen LogP contribution in [0.25, 0.3) is 0 Å². The van der Waals surface area contributed by atoms with Crippen LogP contribution in [0.15, 0.2) is 24.5 Å². The first-order valence-corrected chi connectivity index (χ1v) is 7.14. The number of hydrogen-bond acceptors (Lipinski definition) is 3. The summed E-state index contributed by atoms with van der Waals surface area (Å²) < 4.78 is 0. The summed E-state index contributed by atoms with van der Waals surface area (Å²) in [6.07, 6.45) is 8.77. The summed E-state index contributed by atoms with van der Waals surface area (Å²) >= 11 is 0. The normalized spacial score (nSPS) is 24.4. The lowest BCUT2D eigenvalue weighted by molar-refractivity contribution is 0.195. The molecule has 0 saturated heterocycles. The molecule has 3 nitrogen and oxygen atoms in total. The third-order valence-electron chi connectivity index (χ3n) is 4.01. The van der Waals surface area contributed by atoms with Crippen molar-refractivity contribution in [3.05, 3.63) is 30.1 Å². The van der Waals surface area contributed by atoms with Crippen molar-refractivity contribution in [1.29, 1.82) is 0 Å². The van der Waals surface area contributed by atoms with E-state index in [2.05, 4.69) is 28.9 Å². The molecule has 0 aromatic carbocycles. The Morgan fingerprint density at radius 2 is 1.89 bits per heavy atom. The first kappa shape index (κ1) is 13.5. The van der Waals surface area contributed by atoms with Crippen molar-refractivity contribution in [3.63, 3.8) is 0 Å². The Bertz CT molecular complexity index is 331. The van der Waals surface area contributed by atoms with Crippen molar-refractivity contribution in [1.82, 2.24) is 9.88 Å². The molecule has 2 N–H and O–H groups in total. The summed E-state index contributed by atoms with van der Waals surface area (Å²) in [4.78, 5) is 6.61. The third kappa shape index (κ3) is 4.07. The molecule has 1 fully saturated rings. The van der Waals surface area contributed by atoms with E-state index in [0.717, 1.165) is 19.0 Å². The van der Waals surface area contributed by atoms with Gasteiger partial charge in [-0.15, -0.1) is 0 Å². The second-order valence-corrected chi connectivity index (χ2v) is 5.46. The lowest BCUT2D eigenvalue weighted by Gasteiger charge is -2.31. The number of rotatable bonds is 5. The third-order valence-corrected chi connectivity index (χ3v) is 4.01. The van der Waals surface area contributed by atoms with Crippen LogP contribution in [0.1, 0.15) is 38.2 Å². The Kier molecular flexibility index (Phi) is 5.14. The van der Waals surface area contributed by atoms with Gasteiger partial charge >= 0.3 is 0 Å². The van der Waals surface area contributed by atoms with Gasteiger partial charge in [0.1, 0.15) is 0 Å². The molecule has 1 aromatic heterocycles. The average molecular weight is 247 g/mol. The summed E-state index contributed by atoms with van der Waals surface area (Å²) in [6.45, 7) is 5.62. The monoisotopic (exact) mass is 247 g/mol. The quantitative estimate of drug-likeness (QED) is 0.869. The zero-order chi connectivity index (χ0) is 12.8. The lowest BCUT2D eigenvalue weighted by Crippen LogP contribution is -2.34. The van der Waals surface area contributed by atoms with E-state index in [4.69, 9.17) is 5.73 Å². The maximum Gasteiger partial charge on any atom is 0.0271 e. The van der Waals surface area contributed by atoms with E-state index >= 15 is 0 Å². The predicted octanol–water partition coefficient (Wildman–Crippen LogP) is 2.42. The fourth-order valence-corrected chi connectivity index (χ4v) is 2.79. The molecule has 0 atom stereocenters. The van der Waals surface area contributed by atoms with Crippen molar-refractivity contribution in [2.45, 2.75) is 45.2 Å². The Morgan fingerprint density at radius 3 is 2.50 bits per heavy atom. The largest absolute Gasteiger partial charge is 0.328 e. The summed E-state index contributed by atoms with van der Waals surface area (Å²) in [5, 5.41) is 0. The van der Waals surface area contributed by atoms with Crippen LogP contribution in [-0.4, -0.2) is 29.0 Å². The summed E-state index contributed by atoms with van der Waals surface area (Å²) in [5.41, 5.74) is 7.32. The highest BCUT2D eigenvalue weighted by Gasteiger charge is 2.20. The molecule has 0 aliphatic heterocycles. The standard InChI is InChI=1S/C15H25N3/c1-2-18(12-14-7-9-17-10-8-14)11-13-3-5-15(16)6-4-13/h7-10,13,15H,2-6,11-12,16H2,1H3. The van der Waals surface area contributed by atoms with E-state index in [0.29, 0.717) is 6.04 Å². The van der Waals surface area contributed by atoms with Crippen LogP contribution in [0.2, 0.25) is 0 Å². The Labute approximate surface area is 110 Å². The van der Waals surface area contributed by atoms with Gasteiger partial charge in [-0.2, -0.15) is 0 Å². The molecule has 1 saturated carbocycles. The fourth-order valence-electron chi connectivity index (χ4n) is 2.79. The molecule has 0 amide bonds. The zero-order valence-electron chi connectivity index (χ0n) is 11.4. The van der Waals surface area contributed by atoms with Crippen LogP contribution in [0.3, 0.4) is 0 Å². The first-order chi connectivity index (χ1) is 8.78. The average Bonchev–Trinajstić information content (AvgIpc) is 2.41. The van der Waals surface area contributed by atoms with Gasteiger partial charge < -0.3 is 5.73 Å². The van der Waals surface area contributed by atoms with E-state index in [1.165, 1.54) is 37.8 Å². The van der Waals surface area contributed by atoms with Crippen molar-refractivity contribution >= 4 is 0 Å². The molecule has 3 heteroatoms. The SMILES string of the molecule is CCN(Cc1ccncc1)CC1CCC(N)CC1. The highest BCUT2D eigenvalue weighted by atomic mass is 15.1. The lowest BCUT2D eigenvalue weighted by atomic mass is 9.86. The van der Waals surface area contributed by atoms with Gasteiger partial charge in [0, 0.05) is 31.5 Å². The smallest absolute Gasteiger partial charge is 0.0271 e. The van der Waals surface area contributed by atoms with Crippen molar-refractivity contribution in [3.8, 4) is 0 Å². The van der Waals surface area contributed by atoms with Crippen LogP contribution >= 0.6 is 0 Å². The number of aromatic nitrogens is 1. The van der Waals surface area contributed by atoms with E-state index in [-0.39, 0.29) is 0 Å². The van der Waals surface area contributed by atoms with E-state index in [9.17, 15) is 0 Å². The van der Waals surface area contributed by atoms with Gasteiger partial charge in [0.2, 0.25) is 0 Å². The van der Waals surface area contributed by atoms with E-state index < -0.39 is 0 Å². The van der Waals surface area contributed by atoms with Crippen LogP contribution in [0.4, 0.5) is 0 Å². The maximum atomic E-state index is 5.96. The van der Waals surface area contributed by atoms with Crippen LogP contribution in [-0.2, 0) is 6.54 Å². The Hall–Kier alpha value is -0.930. The molecule has 2 rings (SSSR count). The highest BCUT2D eigenvalue weighted by Crippen LogP contribution is 2.24. The van der Waals surface area contributed by atoms with Gasteiger partial charge in [-0.25, -0.2) is 0 Å². The molecule has 0 spiro atoms. The van der Waals surface area contributed by atoms with Gasteiger partial charge in [-0.3, -0.25) is 9.88 Å². The molecule has 0 bridgehead atoms. The minimum absolute atomic E-state index is 0.455. The van der Waals surface area contributed by atoms with Gasteiger partial charge in [0.15, 0.2) is 0 Å². The predicted molar refractivity (Wildman–Crippen MR) is 75.1 cm³/mol.